The Morgan fingerprint density at radius 3 is 1.54 bits per heavy atom. The van der Waals surface area contributed by atoms with Crippen molar-refractivity contribution < 1.29 is 38.9 Å². The van der Waals surface area contributed by atoms with Crippen LogP contribution in [-0.2, 0) is 55.4 Å². The van der Waals surface area contributed by atoms with Gasteiger partial charge in [-0.3, -0.25) is 0 Å². The van der Waals surface area contributed by atoms with E-state index < -0.39 is 11.9 Å². The summed E-state index contributed by atoms with van der Waals surface area (Å²) in [6, 6.07) is 17.5. The fraction of sp³-hybridized carbons (Fsp3) is 0.321. The minimum Gasteiger partial charge on any atom is -0.657 e. The zero-order chi connectivity index (χ0) is 46.5. The van der Waals surface area contributed by atoms with Crippen LogP contribution in [0, 0.1) is 0 Å². The Balaban J connectivity index is 0.00000700. The molecule has 9 heteroatoms. The topological polar surface area (TPSA) is 110 Å². The number of methoxy groups -OCH3 is 2. The third-order valence-corrected chi connectivity index (χ3v) is 11.8. The molecule has 0 amide bonds. The van der Waals surface area contributed by atoms with Crippen molar-refractivity contribution >= 4 is 39.8 Å². The smallest absolute Gasteiger partial charge is 0.657 e. The maximum Gasteiger partial charge on any atom is 2.00 e. The van der Waals surface area contributed by atoms with Crippen LogP contribution in [0.15, 0.2) is 153 Å². The first-order valence-electron chi connectivity index (χ1n) is 21.9. The summed E-state index contributed by atoms with van der Waals surface area (Å²) >= 11 is 0. The normalized spacial score (nSPS) is 17.4. The van der Waals surface area contributed by atoms with E-state index >= 15 is 0 Å². The zero-order valence-electron chi connectivity index (χ0n) is 40.5. The molecule has 0 N–H and O–H groups in total. The summed E-state index contributed by atoms with van der Waals surface area (Å²) in [5.74, 6) is -0.981. The van der Waals surface area contributed by atoms with Gasteiger partial charge in [0.2, 0.25) is 0 Å². The molecule has 7 rings (SSSR count). The first-order valence-corrected chi connectivity index (χ1v) is 21.9. The van der Waals surface area contributed by atoms with E-state index in [2.05, 4.69) is 119 Å². The van der Waals surface area contributed by atoms with Crippen LogP contribution in [0.5, 0.6) is 0 Å². The molecule has 1 aromatic heterocycles. The maximum atomic E-state index is 12.7. The molecule has 0 atom stereocenters. The predicted molar refractivity (Wildman–Crippen MR) is 261 cm³/mol. The van der Waals surface area contributed by atoms with Gasteiger partial charge in [-0.05, 0) is 122 Å². The van der Waals surface area contributed by atoms with Crippen LogP contribution in [0.2, 0.25) is 0 Å². The van der Waals surface area contributed by atoms with Gasteiger partial charge in [0.15, 0.2) is 0 Å². The molecule has 0 radical (unpaired) electrons. The third-order valence-electron chi connectivity index (χ3n) is 11.8. The fourth-order valence-electron chi connectivity index (χ4n) is 7.78. The van der Waals surface area contributed by atoms with E-state index in [0.29, 0.717) is 56.8 Å². The van der Waals surface area contributed by atoms with Crippen LogP contribution < -0.4 is 10.1 Å². The standard InChI is InChI=1S/C56H62N4O4.Zn/c1-53(2,3)35-27-33(28-36(31-35)54(4,5)6)51-45-21-17-41(57-45)39(15-25-49(61)63-13)43-19-23-47(59-43)52(34-29-37(55(7,8)9)32-38(30-34)56(10,11)12)48-24-20-44(60-48)40(16-26-50(62)64-14)42-18-22-46(51)58-42;/h15-32H,1-14H3,(H2,57,58,59,60,61,62);/q;+2/p-2. The van der Waals surface area contributed by atoms with Crippen molar-refractivity contribution in [1.82, 2.24) is 4.98 Å². The molecule has 0 saturated heterocycles. The fourth-order valence-corrected chi connectivity index (χ4v) is 7.78. The quantitative estimate of drug-likeness (QED) is 0.106. The summed E-state index contributed by atoms with van der Waals surface area (Å²) in [5, 5.41) is 12.7. The molecular formula is C56H60N4O4Zn. The molecule has 8 nitrogen and oxygen atoms in total. The van der Waals surface area contributed by atoms with Gasteiger partial charge in [0, 0.05) is 17.2 Å². The number of ether oxygens (including phenoxy) is 2. The van der Waals surface area contributed by atoms with Crippen LogP contribution in [0.4, 0.5) is 0 Å². The molecule has 5 heterocycles. The van der Waals surface area contributed by atoms with Crippen LogP contribution in [0.3, 0.4) is 0 Å². The van der Waals surface area contributed by atoms with Crippen LogP contribution in [0.1, 0.15) is 128 Å². The van der Waals surface area contributed by atoms with Crippen molar-refractivity contribution in [3.05, 3.63) is 183 Å². The number of carbonyl (C=O) groups excluding carboxylic acids is 1. The molecule has 0 saturated carbocycles. The summed E-state index contributed by atoms with van der Waals surface area (Å²) in [5.41, 5.74) is 14.4. The molecule has 330 valence electrons. The second kappa shape index (κ2) is 18.2. The number of nitrogens with zero attached hydrogens (tertiary/aromatic N) is 4. The number of hydrogen-bond donors (Lipinski definition) is 0. The van der Waals surface area contributed by atoms with Crippen LogP contribution in [-0.4, -0.2) is 37.3 Å². The average molecular weight is 919 g/mol. The number of allylic oxidation sites excluding steroid dienone is 12. The Morgan fingerprint density at radius 1 is 0.569 bits per heavy atom. The molecule has 3 aromatic rings. The first kappa shape index (κ1) is 48.5. The van der Waals surface area contributed by atoms with Crippen molar-refractivity contribution in [2.45, 2.75) is 105 Å². The minimum atomic E-state index is -0.490. The summed E-state index contributed by atoms with van der Waals surface area (Å²) in [6.45, 7) is 26.7. The molecule has 4 aliphatic rings. The number of carbonyl (C=O) groups is 1. The second-order valence-corrected chi connectivity index (χ2v) is 20.8. The Morgan fingerprint density at radius 2 is 1.02 bits per heavy atom. The molecule has 0 unspecified atom stereocenters. The Hall–Kier alpha value is -5.92. The molecule has 2 aromatic carbocycles. The molecule has 0 fully saturated rings. The average Bonchev–Trinajstić information content (AvgIpc) is 4.07. The summed E-state index contributed by atoms with van der Waals surface area (Å²) in [4.78, 5) is 34.0. The van der Waals surface area contributed by atoms with E-state index in [4.69, 9.17) is 29.4 Å². The SMILES string of the molecule is COC(=O)/C=C/C1=C2C=CC(=N2)C(c2cc(C(C)(C)C)cc(C(C)(C)C)c2)=C2C=CC(=N2)/C(=C\C=C(/[O-])OC)c2ccc([n-]2)C(c2cc(C(C)(C)C)cc(C(C)(C)C)c2)=C2C=CC1=N2.[Zn+2]. The molecule has 8 bridgehead atoms. The minimum absolute atomic E-state index is 0. The van der Waals surface area contributed by atoms with E-state index in [1.54, 1.807) is 12.2 Å². The summed E-state index contributed by atoms with van der Waals surface area (Å²) in [7, 11) is 2.73. The maximum absolute atomic E-state index is 12.7. The van der Waals surface area contributed by atoms with Crippen molar-refractivity contribution in [1.29, 1.82) is 0 Å². The molecule has 0 aliphatic carbocycles. The van der Waals surface area contributed by atoms with Gasteiger partial charge in [-0.2, -0.15) is 0 Å². The van der Waals surface area contributed by atoms with Gasteiger partial charge in [-0.1, -0.05) is 138 Å². The van der Waals surface area contributed by atoms with Crippen molar-refractivity contribution in [3.8, 4) is 0 Å². The van der Waals surface area contributed by atoms with Gasteiger partial charge in [-0.25, -0.2) is 19.8 Å². The van der Waals surface area contributed by atoms with E-state index in [1.165, 1.54) is 48.6 Å². The number of hydrogen-bond acceptors (Lipinski definition) is 7. The number of rotatable bonds is 6. The van der Waals surface area contributed by atoms with Gasteiger partial charge in [0.05, 0.1) is 47.3 Å². The second-order valence-electron chi connectivity index (χ2n) is 20.8. The predicted octanol–water partition coefficient (Wildman–Crippen LogP) is 11.3. The first-order chi connectivity index (χ1) is 29.9. The molecule has 65 heavy (non-hydrogen) atoms. The van der Waals surface area contributed by atoms with Crippen LogP contribution >= 0.6 is 0 Å². The molecule has 0 spiro atoms. The van der Waals surface area contributed by atoms with Crippen LogP contribution in [0.25, 0.3) is 16.7 Å². The van der Waals surface area contributed by atoms with Gasteiger partial charge in [0.25, 0.3) is 0 Å². The van der Waals surface area contributed by atoms with Crippen molar-refractivity contribution in [2.24, 2.45) is 15.0 Å². The van der Waals surface area contributed by atoms with Gasteiger partial charge < -0.3 is 19.6 Å². The monoisotopic (exact) mass is 916 g/mol. The van der Waals surface area contributed by atoms with E-state index in [1.807, 2.05) is 48.6 Å². The number of fused-ring (bicyclic) bond motifs is 5. The zero-order valence-corrected chi connectivity index (χ0v) is 43.5. The van der Waals surface area contributed by atoms with E-state index in [9.17, 15) is 9.90 Å². The van der Waals surface area contributed by atoms with E-state index in [-0.39, 0.29) is 41.1 Å². The van der Waals surface area contributed by atoms with Gasteiger partial charge in [-0.15, -0.1) is 11.4 Å². The number of benzene rings is 2. The Bertz CT molecular complexity index is 2770. The largest absolute Gasteiger partial charge is 2.00 e. The van der Waals surface area contributed by atoms with Crippen molar-refractivity contribution in [2.75, 3.05) is 14.2 Å². The molecule has 4 aliphatic heterocycles. The summed E-state index contributed by atoms with van der Waals surface area (Å²) in [6.07, 6.45) is 18.2. The Kier molecular flexibility index (Phi) is 13.6. The molecular weight excluding hydrogens is 858 g/mol. The number of aliphatic imine (C=N–C) groups is 3. The van der Waals surface area contributed by atoms with E-state index in [0.717, 1.165) is 22.3 Å². The van der Waals surface area contributed by atoms with Gasteiger partial charge >= 0.3 is 25.4 Å². The Labute approximate surface area is 398 Å². The van der Waals surface area contributed by atoms with Gasteiger partial charge in [0.1, 0.15) is 0 Å². The summed E-state index contributed by atoms with van der Waals surface area (Å²) < 4.78 is 10.1. The van der Waals surface area contributed by atoms with Crippen molar-refractivity contribution in [3.63, 3.8) is 0 Å². The number of aromatic nitrogens is 1. The third kappa shape index (κ3) is 10.5. The number of esters is 1.